The van der Waals surface area contributed by atoms with Crippen molar-refractivity contribution in [1.29, 1.82) is 0 Å². The summed E-state index contributed by atoms with van der Waals surface area (Å²) in [6.07, 6.45) is -6.17. The van der Waals surface area contributed by atoms with Crippen molar-refractivity contribution in [3.63, 3.8) is 0 Å². The first-order valence-corrected chi connectivity index (χ1v) is 8.04. The van der Waals surface area contributed by atoms with Gasteiger partial charge in [0, 0.05) is 23.5 Å². The summed E-state index contributed by atoms with van der Waals surface area (Å²) in [7, 11) is 0. The molecule has 1 aromatic heterocycles. The van der Waals surface area contributed by atoms with Gasteiger partial charge in [-0.25, -0.2) is 0 Å². The van der Waals surface area contributed by atoms with E-state index in [1.807, 2.05) is 0 Å². The van der Waals surface area contributed by atoms with Gasteiger partial charge in [0.1, 0.15) is 0 Å². The molecule has 8 heteroatoms. The van der Waals surface area contributed by atoms with E-state index < -0.39 is 30.1 Å². The Morgan fingerprint density at radius 3 is 1.29 bits per heavy atom. The molecule has 3 aromatic rings. The molecule has 0 aliphatic carbocycles. The molecule has 0 spiro atoms. The fraction of sp³-hybridized carbons (Fsp3) is 0.150. The molecule has 0 radical (unpaired) electrons. The standard InChI is InChI=1S/C20H13F6NO/c21-19(22,23)14-5-1-12(2-6-14)16-9-27-10-17(18(16)11-28)13-3-7-15(8-4-13)20(24,25)26/h1-10,28H,11H2. The summed E-state index contributed by atoms with van der Waals surface area (Å²) >= 11 is 0. The van der Waals surface area contributed by atoms with Gasteiger partial charge in [-0.1, -0.05) is 24.3 Å². The molecule has 0 amide bonds. The number of aliphatic hydroxyl groups excluding tert-OH is 1. The first-order chi connectivity index (χ1) is 13.1. The van der Waals surface area contributed by atoms with Gasteiger partial charge >= 0.3 is 12.4 Å². The normalized spacial score (nSPS) is 12.2. The number of pyridine rings is 1. The smallest absolute Gasteiger partial charge is 0.392 e. The molecule has 0 unspecified atom stereocenters. The molecule has 0 aliphatic rings. The first kappa shape index (κ1) is 19.9. The van der Waals surface area contributed by atoms with Crippen LogP contribution in [0.25, 0.3) is 22.3 Å². The molecule has 0 saturated carbocycles. The molecule has 1 N–H and O–H groups in total. The third kappa shape index (κ3) is 4.01. The van der Waals surface area contributed by atoms with Crippen molar-refractivity contribution >= 4 is 0 Å². The van der Waals surface area contributed by atoms with Crippen LogP contribution in [-0.2, 0) is 19.0 Å². The predicted molar refractivity (Wildman–Crippen MR) is 91.0 cm³/mol. The number of hydrogen-bond acceptors (Lipinski definition) is 2. The summed E-state index contributed by atoms with van der Waals surface area (Å²) < 4.78 is 76.4. The van der Waals surface area contributed by atoms with Crippen LogP contribution in [0.1, 0.15) is 16.7 Å². The van der Waals surface area contributed by atoms with Crippen molar-refractivity contribution < 1.29 is 31.4 Å². The number of aliphatic hydroxyl groups is 1. The molecular formula is C20H13F6NO. The van der Waals surface area contributed by atoms with Gasteiger partial charge in [0.05, 0.1) is 17.7 Å². The van der Waals surface area contributed by atoms with Crippen LogP contribution in [0.15, 0.2) is 60.9 Å². The number of aromatic nitrogens is 1. The number of alkyl halides is 6. The number of hydrogen-bond donors (Lipinski definition) is 1. The highest BCUT2D eigenvalue weighted by Gasteiger charge is 2.31. The maximum absolute atomic E-state index is 12.7. The van der Waals surface area contributed by atoms with E-state index in [-0.39, 0.29) is 0 Å². The molecule has 0 aliphatic heterocycles. The minimum absolute atomic E-state index is 0.356. The Hall–Kier alpha value is -2.87. The highest BCUT2D eigenvalue weighted by Crippen LogP contribution is 2.36. The topological polar surface area (TPSA) is 33.1 Å². The fourth-order valence-electron chi connectivity index (χ4n) is 2.83. The van der Waals surface area contributed by atoms with Gasteiger partial charge in [-0.05, 0) is 41.0 Å². The summed E-state index contributed by atoms with van der Waals surface area (Å²) in [6, 6.07) is 8.71. The lowest BCUT2D eigenvalue weighted by atomic mass is 9.94. The molecule has 3 rings (SSSR count). The van der Waals surface area contributed by atoms with E-state index in [4.69, 9.17) is 0 Å². The molecule has 1 heterocycles. The molecule has 2 aromatic carbocycles. The van der Waals surface area contributed by atoms with Crippen molar-refractivity contribution in [2.75, 3.05) is 0 Å². The maximum atomic E-state index is 12.7. The summed E-state index contributed by atoms with van der Waals surface area (Å²) in [5.74, 6) is 0. The fourth-order valence-corrected chi connectivity index (χ4v) is 2.83. The van der Waals surface area contributed by atoms with Crippen LogP contribution in [-0.4, -0.2) is 10.1 Å². The van der Waals surface area contributed by atoms with E-state index in [2.05, 4.69) is 4.98 Å². The largest absolute Gasteiger partial charge is 0.416 e. The van der Waals surface area contributed by atoms with E-state index in [1.54, 1.807) is 0 Å². The average molecular weight is 397 g/mol. The SMILES string of the molecule is OCc1c(-c2ccc(C(F)(F)F)cc2)cncc1-c1ccc(C(F)(F)F)cc1. The number of halogens is 6. The number of rotatable bonds is 3. The van der Waals surface area contributed by atoms with E-state index in [0.29, 0.717) is 27.8 Å². The zero-order valence-electron chi connectivity index (χ0n) is 14.1. The van der Waals surface area contributed by atoms with Gasteiger partial charge in [-0.2, -0.15) is 26.3 Å². The van der Waals surface area contributed by atoms with Crippen molar-refractivity contribution in [2.45, 2.75) is 19.0 Å². The van der Waals surface area contributed by atoms with Gasteiger partial charge in [0.2, 0.25) is 0 Å². The number of nitrogens with zero attached hydrogens (tertiary/aromatic N) is 1. The highest BCUT2D eigenvalue weighted by molar-refractivity contribution is 5.77. The first-order valence-electron chi connectivity index (χ1n) is 8.04. The van der Waals surface area contributed by atoms with Crippen molar-refractivity contribution in [3.8, 4) is 22.3 Å². The molecule has 0 atom stereocenters. The molecule has 0 fully saturated rings. The minimum Gasteiger partial charge on any atom is -0.392 e. The molecule has 0 bridgehead atoms. The van der Waals surface area contributed by atoms with Gasteiger partial charge in [-0.15, -0.1) is 0 Å². The van der Waals surface area contributed by atoms with Crippen LogP contribution in [0.3, 0.4) is 0 Å². The zero-order chi connectivity index (χ0) is 20.5. The lowest BCUT2D eigenvalue weighted by Crippen LogP contribution is -2.05. The Bertz CT molecular complexity index is 884. The second-order valence-corrected chi connectivity index (χ2v) is 6.02. The van der Waals surface area contributed by atoms with Gasteiger partial charge in [-0.3, -0.25) is 4.98 Å². The van der Waals surface area contributed by atoms with Crippen molar-refractivity contribution in [2.24, 2.45) is 0 Å². The van der Waals surface area contributed by atoms with Crippen LogP contribution in [0, 0.1) is 0 Å². The second-order valence-electron chi connectivity index (χ2n) is 6.02. The summed E-state index contributed by atoms with van der Waals surface area (Å²) in [5.41, 5.74) is 0.329. The van der Waals surface area contributed by atoms with Crippen LogP contribution in [0.2, 0.25) is 0 Å². The van der Waals surface area contributed by atoms with Crippen LogP contribution in [0.5, 0.6) is 0 Å². The van der Waals surface area contributed by atoms with E-state index in [1.165, 1.54) is 36.7 Å². The van der Waals surface area contributed by atoms with E-state index in [0.717, 1.165) is 24.3 Å². The Balaban J connectivity index is 2.04. The van der Waals surface area contributed by atoms with Crippen molar-refractivity contribution in [1.82, 2.24) is 4.98 Å². The van der Waals surface area contributed by atoms with Crippen LogP contribution >= 0.6 is 0 Å². The molecular weight excluding hydrogens is 384 g/mol. The minimum atomic E-state index is -4.47. The summed E-state index contributed by atoms with van der Waals surface area (Å²) in [5, 5.41) is 9.80. The lowest BCUT2D eigenvalue weighted by molar-refractivity contribution is -0.138. The highest BCUT2D eigenvalue weighted by atomic mass is 19.4. The zero-order valence-corrected chi connectivity index (χ0v) is 14.1. The summed E-state index contributed by atoms with van der Waals surface area (Å²) in [4.78, 5) is 4.03. The van der Waals surface area contributed by atoms with Crippen LogP contribution < -0.4 is 0 Å². The Labute approximate surface area is 156 Å². The van der Waals surface area contributed by atoms with E-state index >= 15 is 0 Å². The van der Waals surface area contributed by atoms with Gasteiger partial charge in [0.15, 0.2) is 0 Å². The van der Waals surface area contributed by atoms with Crippen LogP contribution in [0.4, 0.5) is 26.3 Å². The third-order valence-corrected chi connectivity index (χ3v) is 4.26. The van der Waals surface area contributed by atoms with Crippen molar-refractivity contribution in [3.05, 3.63) is 77.6 Å². The second kappa shape index (κ2) is 7.27. The van der Waals surface area contributed by atoms with Gasteiger partial charge in [0.25, 0.3) is 0 Å². The Morgan fingerprint density at radius 2 is 1.00 bits per heavy atom. The Morgan fingerprint density at radius 1 is 0.643 bits per heavy atom. The average Bonchev–Trinajstić information content (AvgIpc) is 2.66. The lowest BCUT2D eigenvalue weighted by Gasteiger charge is -2.14. The third-order valence-electron chi connectivity index (χ3n) is 4.26. The number of benzene rings is 2. The van der Waals surface area contributed by atoms with Gasteiger partial charge < -0.3 is 5.11 Å². The monoisotopic (exact) mass is 397 g/mol. The molecule has 28 heavy (non-hydrogen) atoms. The summed E-state index contributed by atoms with van der Waals surface area (Å²) in [6.45, 7) is -0.463. The molecule has 146 valence electrons. The molecule has 2 nitrogen and oxygen atoms in total. The van der Waals surface area contributed by atoms with E-state index in [9.17, 15) is 31.4 Å². The maximum Gasteiger partial charge on any atom is 0.416 e. The predicted octanol–water partition coefficient (Wildman–Crippen LogP) is 5.95. The molecule has 0 saturated heterocycles. The quantitative estimate of drug-likeness (QED) is 0.555. The Kier molecular flexibility index (Phi) is 5.16.